The fourth-order valence-corrected chi connectivity index (χ4v) is 2.29. The van der Waals surface area contributed by atoms with Crippen LogP contribution in [-0.4, -0.2) is 28.7 Å². The number of halogens is 1. The van der Waals surface area contributed by atoms with E-state index in [2.05, 4.69) is 20.7 Å². The average Bonchev–Trinajstić information content (AvgIpc) is 2.36. The molecule has 1 aliphatic rings. The molecule has 1 aromatic carbocycles. The third-order valence-corrected chi connectivity index (χ3v) is 3.44. The average molecular weight is 370 g/mol. The Morgan fingerprint density at radius 2 is 1.86 bits per heavy atom. The largest absolute Gasteiger partial charge is 0.443 e. The van der Waals surface area contributed by atoms with Crippen molar-refractivity contribution in [2.24, 2.45) is 0 Å². The summed E-state index contributed by atoms with van der Waals surface area (Å²) >= 11 is 3.31. The number of esters is 1. The zero-order valence-electron chi connectivity index (χ0n) is 12.5. The number of carbonyl (C=O) groups is 3. The first-order chi connectivity index (χ1) is 10.2. The lowest BCUT2D eigenvalue weighted by Gasteiger charge is -2.33. The number of hydrogen-bond acceptors (Lipinski definition) is 5. The molecule has 1 atom stereocenters. The van der Waals surface area contributed by atoms with E-state index in [4.69, 9.17) is 4.74 Å². The molecule has 22 heavy (non-hydrogen) atoms. The Morgan fingerprint density at radius 3 is 2.41 bits per heavy atom. The minimum atomic E-state index is -1.02. The van der Waals surface area contributed by atoms with E-state index in [9.17, 15) is 14.4 Å². The SMILES string of the molecule is CC(C)(C)OC(=O)N1C(=O)OC(=O)C[C@H]1c1ccc(Br)cc1. The van der Waals surface area contributed by atoms with Crippen LogP contribution in [0.4, 0.5) is 9.59 Å². The quantitative estimate of drug-likeness (QED) is 0.556. The molecule has 6 nitrogen and oxygen atoms in total. The lowest BCUT2D eigenvalue weighted by molar-refractivity contribution is -0.143. The van der Waals surface area contributed by atoms with E-state index in [-0.39, 0.29) is 6.42 Å². The minimum absolute atomic E-state index is 0.105. The van der Waals surface area contributed by atoms with Crippen molar-refractivity contribution in [3.8, 4) is 0 Å². The monoisotopic (exact) mass is 369 g/mol. The highest BCUT2D eigenvalue weighted by Crippen LogP contribution is 2.31. The smallest absolute Gasteiger partial charge is 0.427 e. The molecule has 1 aromatic rings. The highest BCUT2D eigenvalue weighted by atomic mass is 79.9. The van der Waals surface area contributed by atoms with E-state index in [1.165, 1.54) is 0 Å². The van der Waals surface area contributed by atoms with Gasteiger partial charge in [0.05, 0.1) is 12.5 Å². The van der Waals surface area contributed by atoms with Crippen LogP contribution in [0.5, 0.6) is 0 Å². The van der Waals surface area contributed by atoms with E-state index in [1.54, 1.807) is 45.0 Å². The Morgan fingerprint density at radius 1 is 1.27 bits per heavy atom. The third kappa shape index (κ3) is 3.85. The van der Waals surface area contributed by atoms with Crippen LogP contribution in [0.15, 0.2) is 28.7 Å². The van der Waals surface area contributed by atoms with Gasteiger partial charge in [-0.1, -0.05) is 28.1 Å². The molecular formula is C15H16BrNO5. The first-order valence-corrected chi connectivity index (χ1v) is 7.49. The number of rotatable bonds is 1. The maximum atomic E-state index is 12.3. The van der Waals surface area contributed by atoms with E-state index >= 15 is 0 Å². The van der Waals surface area contributed by atoms with Gasteiger partial charge in [0.25, 0.3) is 0 Å². The maximum absolute atomic E-state index is 12.3. The lowest BCUT2D eigenvalue weighted by atomic mass is 10.0. The van der Waals surface area contributed by atoms with Crippen LogP contribution < -0.4 is 0 Å². The van der Waals surface area contributed by atoms with Gasteiger partial charge in [0.2, 0.25) is 0 Å². The summed E-state index contributed by atoms with van der Waals surface area (Å²) in [4.78, 5) is 36.6. The second-order valence-electron chi connectivity index (χ2n) is 5.86. The van der Waals surface area contributed by atoms with Crippen LogP contribution >= 0.6 is 15.9 Å². The van der Waals surface area contributed by atoms with Gasteiger partial charge in [-0.15, -0.1) is 0 Å². The molecule has 0 aromatic heterocycles. The van der Waals surface area contributed by atoms with Gasteiger partial charge in [0, 0.05) is 4.47 Å². The normalized spacial score (nSPS) is 18.9. The summed E-state index contributed by atoms with van der Waals surface area (Å²) in [5.41, 5.74) is -0.109. The van der Waals surface area contributed by atoms with Crippen molar-refractivity contribution in [3.05, 3.63) is 34.3 Å². The molecule has 1 aliphatic heterocycles. The van der Waals surface area contributed by atoms with E-state index in [0.717, 1.165) is 9.37 Å². The van der Waals surface area contributed by atoms with E-state index in [0.29, 0.717) is 5.56 Å². The van der Waals surface area contributed by atoms with Crippen LogP contribution in [0.3, 0.4) is 0 Å². The first kappa shape index (κ1) is 16.5. The number of cyclic esters (lactones) is 2. The van der Waals surface area contributed by atoms with Gasteiger partial charge in [0.1, 0.15) is 5.60 Å². The fraction of sp³-hybridized carbons (Fsp3) is 0.400. The summed E-state index contributed by atoms with van der Waals surface area (Å²) in [6.45, 7) is 5.08. The first-order valence-electron chi connectivity index (χ1n) is 6.70. The summed E-state index contributed by atoms with van der Waals surface area (Å²) < 4.78 is 10.6. The minimum Gasteiger partial charge on any atom is -0.443 e. The van der Waals surface area contributed by atoms with E-state index < -0.39 is 29.8 Å². The second kappa shape index (κ2) is 6.08. The maximum Gasteiger partial charge on any atom is 0.427 e. The molecule has 0 N–H and O–H groups in total. The van der Waals surface area contributed by atoms with Crippen LogP contribution in [-0.2, 0) is 14.3 Å². The van der Waals surface area contributed by atoms with Crippen molar-refractivity contribution < 1.29 is 23.9 Å². The van der Waals surface area contributed by atoms with Gasteiger partial charge in [-0.3, -0.25) is 4.79 Å². The number of amides is 2. The van der Waals surface area contributed by atoms with Crippen molar-refractivity contribution in [2.45, 2.75) is 38.8 Å². The summed E-state index contributed by atoms with van der Waals surface area (Å²) in [5.74, 6) is -0.669. The van der Waals surface area contributed by atoms with Crippen LogP contribution in [0.2, 0.25) is 0 Å². The Bertz CT molecular complexity index is 605. The number of nitrogens with zero attached hydrogens (tertiary/aromatic N) is 1. The highest BCUT2D eigenvalue weighted by Gasteiger charge is 2.42. The van der Waals surface area contributed by atoms with Gasteiger partial charge in [0.15, 0.2) is 0 Å². The Hall–Kier alpha value is -1.89. The molecule has 2 amide bonds. The summed E-state index contributed by atoms with van der Waals surface area (Å²) in [6.07, 6.45) is -1.96. The second-order valence-corrected chi connectivity index (χ2v) is 6.78. The lowest BCUT2D eigenvalue weighted by Crippen LogP contribution is -2.48. The zero-order valence-corrected chi connectivity index (χ0v) is 14.0. The van der Waals surface area contributed by atoms with Crippen LogP contribution in [0.1, 0.15) is 38.8 Å². The Labute approximate surface area is 136 Å². The molecule has 0 radical (unpaired) electrons. The van der Waals surface area contributed by atoms with Crippen molar-refractivity contribution in [1.29, 1.82) is 0 Å². The van der Waals surface area contributed by atoms with Crippen molar-refractivity contribution in [2.75, 3.05) is 0 Å². The Balaban J connectivity index is 2.33. The standard InChI is InChI=1S/C15H16BrNO5/c1-15(2,3)22-14(20)17-11(8-12(18)21-13(17)19)9-4-6-10(16)7-5-9/h4-7,11H,8H2,1-3H3/t11-/m0/s1. The van der Waals surface area contributed by atoms with Gasteiger partial charge < -0.3 is 9.47 Å². The summed E-state index contributed by atoms with van der Waals surface area (Å²) in [6, 6.07) is 6.27. The van der Waals surface area contributed by atoms with Crippen LogP contribution in [0.25, 0.3) is 0 Å². The summed E-state index contributed by atoms with van der Waals surface area (Å²) in [7, 11) is 0. The number of carbonyl (C=O) groups excluding carboxylic acids is 3. The predicted molar refractivity (Wildman–Crippen MR) is 81.1 cm³/mol. The fourth-order valence-electron chi connectivity index (χ4n) is 2.03. The van der Waals surface area contributed by atoms with Gasteiger partial charge in [-0.25, -0.2) is 14.5 Å². The number of imide groups is 1. The number of benzene rings is 1. The van der Waals surface area contributed by atoms with Crippen molar-refractivity contribution in [1.82, 2.24) is 4.90 Å². The molecule has 0 aliphatic carbocycles. The molecular weight excluding hydrogens is 354 g/mol. The van der Waals surface area contributed by atoms with Gasteiger partial charge in [-0.2, -0.15) is 0 Å². The topological polar surface area (TPSA) is 72.9 Å². The van der Waals surface area contributed by atoms with Crippen LogP contribution in [0, 0.1) is 0 Å². The molecule has 1 saturated heterocycles. The summed E-state index contributed by atoms with van der Waals surface area (Å²) in [5, 5.41) is 0. The molecule has 1 fully saturated rings. The molecule has 0 unspecified atom stereocenters. The third-order valence-electron chi connectivity index (χ3n) is 2.91. The molecule has 7 heteroatoms. The van der Waals surface area contributed by atoms with Gasteiger partial charge >= 0.3 is 18.2 Å². The number of hydrogen-bond donors (Lipinski definition) is 0. The highest BCUT2D eigenvalue weighted by molar-refractivity contribution is 9.10. The molecule has 0 saturated carbocycles. The van der Waals surface area contributed by atoms with Crippen molar-refractivity contribution in [3.63, 3.8) is 0 Å². The van der Waals surface area contributed by atoms with Gasteiger partial charge in [-0.05, 0) is 38.5 Å². The predicted octanol–water partition coefficient (Wildman–Crippen LogP) is 3.79. The Kier molecular flexibility index (Phi) is 4.55. The molecule has 0 spiro atoms. The van der Waals surface area contributed by atoms with Crippen molar-refractivity contribution >= 4 is 34.1 Å². The molecule has 0 bridgehead atoms. The molecule has 1 heterocycles. The zero-order chi connectivity index (χ0) is 16.5. The molecule has 2 rings (SSSR count). The number of ether oxygens (including phenoxy) is 2. The van der Waals surface area contributed by atoms with E-state index in [1.807, 2.05) is 0 Å². The molecule has 118 valence electrons.